The molecule has 2 aromatic rings. The van der Waals surface area contributed by atoms with E-state index in [1.807, 2.05) is 27.7 Å². The number of aryl methyl sites for hydroxylation is 4. The van der Waals surface area contributed by atoms with Crippen LogP contribution in [0.15, 0.2) is 0 Å². The Morgan fingerprint density at radius 2 is 1.12 bits per heavy atom. The zero-order valence-corrected chi connectivity index (χ0v) is 11.3. The van der Waals surface area contributed by atoms with Crippen LogP contribution in [0.25, 0.3) is 10.8 Å². The van der Waals surface area contributed by atoms with Gasteiger partial charge < -0.3 is 0 Å². The summed E-state index contributed by atoms with van der Waals surface area (Å²) in [6, 6.07) is 0. The molecule has 90 valence electrons. The van der Waals surface area contributed by atoms with Crippen molar-refractivity contribution in [3.63, 3.8) is 0 Å². The van der Waals surface area contributed by atoms with Gasteiger partial charge in [0.05, 0.1) is 0 Å². The second kappa shape index (κ2) is 3.80. The normalized spacial score (nSPS) is 11.2. The number of fused-ring (bicyclic) bond motifs is 1. The molecule has 0 N–H and O–H groups in total. The first-order chi connectivity index (χ1) is 7.86. The molecule has 0 radical (unpaired) electrons. The van der Waals surface area contributed by atoms with Gasteiger partial charge in [0, 0.05) is 11.1 Å². The number of benzene rings is 1. The third-order valence-corrected chi connectivity index (χ3v) is 4.08. The molecule has 0 atom stereocenters. The van der Waals surface area contributed by atoms with Crippen molar-refractivity contribution in [2.24, 2.45) is 0 Å². The number of rotatable bonds is 0. The maximum atomic E-state index is 14.1. The van der Waals surface area contributed by atoms with Gasteiger partial charge in [0.25, 0.3) is 0 Å². The molecule has 0 aliphatic carbocycles. The minimum atomic E-state index is -0.341. The van der Waals surface area contributed by atoms with E-state index in [2.05, 4.69) is 18.8 Å². The van der Waals surface area contributed by atoms with Crippen molar-refractivity contribution in [2.45, 2.75) is 41.5 Å². The average molecular weight is 231 g/mol. The van der Waals surface area contributed by atoms with Crippen LogP contribution >= 0.6 is 0 Å². The summed E-state index contributed by atoms with van der Waals surface area (Å²) in [4.78, 5) is 4.01. The zero-order valence-electron chi connectivity index (χ0n) is 11.3. The molecular formula is C15H18FN. The highest BCUT2D eigenvalue weighted by molar-refractivity contribution is 5.93. The highest BCUT2D eigenvalue weighted by Crippen LogP contribution is 2.33. The van der Waals surface area contributed by atoms with E-state index in [1.54, 1.807) is 0 Å². The van der Waals surface area contributed by atoms with Crippen molar-refractivity contribution in [3.05, 3.63) is 39.5 Å². The Balaban J connectivity index is 3.17. The summed E-state index contributed by atoms with van der Waals surface area (Å²) in [5, 5.41) is 1.73. The second-order valence-electron chi connectivity index (χ2n) is 4.86. The lowest BCUT2D eigenvalue weighted by Crippen LogP contribution is -2.02. The van der Waals surface area contributed by atoms with Crippen molar-refractivity contribution in [1.29, 1.82) is 0 Å². The van der Waals surface area contributed by atoms with Crippen LogP contribution in [-0.2, 0) is 0 Å². The van der Waals surface area contributed by atoms with Gasteiger partial charge in [0.15, 0.2) is 0 Å². The molecule has 1 heterocycles. The zero-order chi connectivity index (χ0) is 12.9. The van der Waals surface area contributed by atoms with Crippen molar-refractivity contribution in [2.75, 3.05) is 0 Å². The van der Waals surface area contributed by atoms with Crippen molar-refractivity contribution in [1.82, 2.24) is 4.98 Å². The molecule has 1 nitrogen and oxygen atoms in total. The highest BCUT2D eigenvalue weighted by Gasteiger charge is 2.16. The Morgan fingerprint density at radius 1 is 0.647 bits per heavy atom. The molecule has 1 aromatic heterocycles. The SMILES string of the molecule is Cc1nc(F)c2c(C)c(C)c(C)c(C)c2c1C. The number of aromatic nitrogens is 1. The summed E-state index contributed by atoms with van der Waals surface area (Å²) in [7, 11) is 0. The van der Waals surface area contributed by atoms with Gasteiger partial charge in [-0.05, 0) is 74.7 Å². The predicted octanol–water partition coefficient (Wildman–Crippen LogP) is 4.22. The minimum absolute atomic E-state index is 0.341. The minimum Gasteiger partial charge on any atom is -0.224 e. The number of hydrogen-bond acceptors (Lipinski definition) is 1. The third-order valence-electron chi connectivity index (χ3n) is 4.08. The second-order valence-corrected chi connectivity index (χ2v) is 4.86. The van der Waals surface area contributed by atoms with Gasteiger partial charge in [-0.25, -0.2) is 4.98 Å². The van der Waals surface area contributed by atoms with Gasteiger partial charge in [-0.1, -0.05) is 0 Å². The molecule has 2 heteroatoms. The lowest BCUT2D eigenvalue weighted by atomic mass is 9.90. The van der Waals surface area contributed by atoms with Gasteiger partial charge >= 0.3 is 0 Å². The van der Waals surface area contributed by atoms with E-state index in [9.17, 15) is 4.39 Å². The van der Waals surface area contributed by atoms with Gasteiger partial charge in [-0.2, -0.15) is 4.39 Å². The predicted molar refractivity (Wildman–Crippen MR) is 70.1 cm³/mol. The van der Waals surface area contributed by atoms with Gasteiger partial charge in [0.1, 0.15) is 0 Å². The number of hydrogen-bond donors (Lipinski definition) is 0. The van der Waals surface area contributed by atoms with Gasteiger partial charge in [-0.15, -0.1) is 0 Å². The quantitative estimate of drug-likeness (QED) is 0.618. The molecule has 0 aliphatic rings. The highest BCUT2D eigenvalue weighted by atomic mass is 19.1. The average Bonchev–Trinajstić information content (AvgIpc) is 2.28. The molecule has 0 spiro atoms. The third kappa shape index (κ3) is 1.54. The topological polar surface area (TPSA) is 12.9 Å². The molecule has 17 heavy (non-hydrogen) atoms. The molecular weight excluding hydrogens is 213 g/mol. The molecule has 0 fully saturated rings. The first-order valence-electron chi connectivity index (χ1n) is 5.89. The van der Waals surface area contributed by atoms with Crippen LogP contribution in [0.3, 0.4) is 0 Å². The first-order valence-corrected chi connectivity index (χ1v) is 5.89. The molecule has 0 amide bonds. The van der Waals surface area contributed by atoms with Crippen LogP contribution in [0.5, 0.6) is 0 Å². The lowest BCUT2D eigenvalue weighted by Gasteiger charge is -2.17. The van der Waals surface area contributed by atoms with Crippen LogP contribution in [0.1, 0.15) is 33.5 Å². The molecule has 0 bridgehead atoms. The fourth-order valence-electron chi connectivity index (χ4n) is 2.51. The maximum absolute atomic E-state index is 14.1. The largest absolute Gasteiger partial charge is 0.224 e. The summed E-state index contributed by atoms with van der Waals surface area (Å²) in [5.41, 5.74) is 6.47. The number of halogens is 1. The summed E-state index contributed by atoms with van der Waals surface area (Å²) < 4.78 is 14.1. The smallest absolute Gasteiger partial charge is 0.221 e. The van der Waals surface area contributed by atoms with Crippen molar-refractivity contribution in [3.8, 4) is 0 Å². The Labute approximate surface area is 102 Å². The molecule has 0 aliphatic heterocycles. The van der Waals surface area contributed by atoms with Crippen molar-refractivity contribution < 1.29 is 4.39 Å². The van der Waals surface area contributed by atoms with E-state index in [4.69, 9.17) is 0 Å². The Bertz CT molecular complexity index is 627. The van der Waals surface area contributed by atoms with Gasteiger partial charge in [-0.3, -0.25) is 0 Å². The summed E-state index contributed by atoms with van der Waals surface area (Å²) in [6.07, 6.45) is 0. The van der Waals surface area contributed by atoms with E-state index in [1.165, 1.54) is 16.7 Å². The van der Waals surface area contributed by atoms with Crippen LogP contribution in [0, 0.1) is 47.5 Å². The van der Waals surface area contributed by atoms with Crippen LogP contribution in [0.2, 0.25) is 0 Å². The van der Waals surface area contributed by atoms with Crippen LogP contribution in [-0.4, -0.2) is 4.98 Å². The van der Waals surface area contributed by atoms with E-state index >= 15 is 0 Å². The summed E-state index contributed by atoms with van der Waals surface area (Å²) in [5.74, 6) is -0.341. The lowest BCUT2D eigenvalue weighted by molar-refractivity contribution is 0.591. The molecule has 0 saturated heterocycles. The first kappa shape index (κ1) is 12.0. The fraction of sp³-hybridized carbons (Fsp3) is 0.400. The maximum Gasteiger partial charge on any atom is 0.221 e. The summed E-state index contributed by atoms with van der Waals surface area (Å²) in [6.45, 7) is 12.1. The van der Waals surface area contributed by atoms with Crippen LogP contribution < -0.4 is 0 Å². The number of pyridine rings is 1. The Hall–Kier alpha value is -1.44. The Kier molecular flexibility index (Phi) is 2.69. The molecule has 0 unspecified atom stereocenters. The van der Waals surface area contributed by atoms with E-state index < -0.39 is 0 Å². The molecule has 1 aromatic carbocycles. The summed E-state index contributed by atoms with van der Waals surface area (Å²) >= 11 is 0. The van der Waals surface area contributed by atoms with Crippen LogP contribution in [0.4, 0.5) is 4.39 Å². The van der Waals surface area contributed by atoms with Gasteiger partial charge in [0.2, 0.25) is 5.95 Å². The fourth-order valence-corrected chi connectivity index (χ4v) is 2.51. The Morgan fingerprint density at radius 3 is 1.65 bits per heavy atom. The van der Waals surface area contributed by atoms with E-state index in [-0.39, 0.29) is 5.95 Å². The molecule has 2 rings (SSSR count). The monoisotopic (exact) mass is 231 g/mol. The number of nitrogens with zero attached hydrogens (tertiary/aromatic N) is 1. The van der Waals surface area contributed by atoms with E-state index in [0.717, 1.165) is 22.2 Å². The molecule has 0 saturated carbocycles. The standard InChI is InChI=1S/C15H18FN/c1-7-8(2)10(4)14-13(9(7)3)11(5)12(6)17-15(14)16/h1-6H3. The van der Waals surface area contributed by atoms with E-state index in [0.29, 0.717) is 5.39 Å². The van der Waals surface area contributed by atoms with Crippen molar-refractivity contribution >= 4 is 10.8 Å².